The molecule has 0 saturated heterocycles. The lowest BCUT2D eigenvalue weighted by atomic mass is 9.92. The van der Waals surface area contributed by atoms with Gasteiger partial charge in [-0.25, -0.2) is 0 Å². The number of fused-ring (bicyclic) bond motifs is 1. The van der Waals surface area contributed by atoms with Crippen molar-refractivity contribution < 1.29 is 9.90 Å². The second kappa shape index (κ2) is 12.2. The van der Waals surface area contributed by atoms with E-state index in [1.165, 1.54) is 16.3 Å². The van der Waals surface area contributed by atoms with Gasteiger partial charge in [0.25, 0.3) is 0 Å². The first-order valence-corrected chi connectivity index (χ1v) is 11.8. The van der Waals surface area contributed by atoms with Gasteiger partial charge in [-0.15, -0.1) is 0 Å². The van der Waals surface area contributed by atoms with Crippen LogP contribution in [0.15, 0.2) is 84.9 Å². The third kappa shape index (κ3) is 6.81. The van der Waals surface area contributed by atoms with Gasteiger partial charge in [-0.3, -0.25) is 4.79 Å². The van der Waals surface area contributed by atoms with Gasteiger partial charge in [0.15, 0.2) is 0 Å². The van der Waals surface area contributed by atoms with Crippen LogP contribution in [0.25, 0.3) is 10.8 Å². The molecule has 2 atom stereocenters. The summed E-state index contributed by atoms with van der Waals surface area (Å²) >= 11 is 0. The molecule has 0 bridgehead atoms. The Balaban J connectivity index is 1.55. The molecule has 0 aromatic heterocycles. The summed E-state index contributed by atoms with van der Waals surface area (Å²) < 4.78 is 0. The minimum absolute atomic E-state index is 0.00111. The van der Waals surface area contributed by atoms with Crippen molar-refractivity contribution in [3.63, 3.8) is 0 Å². The molecule has 0 aliphatic heterocycles. The lowest BCUT2D eigenvalue weighted by Gasteiger charge is -2.23. The monoisotopic (exact) mass is 454 g/mol. The zero-order valence-electron chi connectivity index (χ0n) is 20.2. The zero-order valence-corrected chi connectivity index (χ0v) is 20.2. The summed E-state index contributed by atoms with van der Waals surface area (Å²) in [7, 11) is 0. The van der Waals surface area contributed by atoms with Gasteiger partial charge in [-0.2, -0.15) is 0 Å². The Hall–Kier alpha value is -3.39. The highest BCUT2D eigenvalue weighted by Gasteiger charge is 2.27. The van der Waals surface area contributed by atoms with Crippen molar-refractivity contribution in [2.24, 2.45) is 5.41 Å². The zero-order chi connectivity index (χ0) is 24.4. The molecule has 3 N–H and O–H groups in total. The second-order valence-corrected chi connectivity index (χ2v) is 8.94. The Bertz CT molecular complexity index is 1170. The number of benzene rings is 3. The van der Waals surface area contributed by atoms with Crippen molar-refractivity contribution in [1.82, 2.24) is 10.6 Å². The third-order valence-corrected chi connectivity index (χ3v) is 5.91. The molecule has 0 radical (unpaired) electrons. The van der Waals surface area contributed by atoms with Crippen molar-refractivity contribution in [1.29, 1.82) is 0 Å². The fourth-order valence-electron chi connectivity index (χ4n) is 3.85. The van der Waals surface area contributed by atoms with Crippen LogP contribution in [0.1, 0.15) is 50.4 Å². The normalized spacial score (nSPS) is 13.3. The van der Waals surface area contributed by atoms with Crippen LogP contribution in [0.5, 0.6) is 0 Å². The molecule has 0 saturated carbocycles. The number of rotatable bonds is 9. The van der Waals surface area contributed by atoms with Crippen LogP contribution in [-0.2, 0) is 4.79 Å². The van der Waals surface area contributed by atoms with Gasteiger partial charge in [0, 0.05) is 19.2 Å². The van der Waals surface area contributed by atoms with E-state index >= 15 is 0 Å². The average molecular weight is 455 g/mol. The highest BCUT2D eigenvalue weighted by atomic mass is 16.3. The molecule has 0 aliphatic carbocycles. The quantitative estimate of drug-likeness (QED) is 0.384. The minimum atomic E-state index is -0.851. The smallest absolute Gasteiger partial charge is 0.238 e. The van der Waals surface area contributed by atoms with E-state index < -0.39 is 5.41 Å². The van der Waals surface area contributed by atoms with Crippen LogP contribution in [0.4, 0.5) is 0 Å². The molecule has 0 aliphatic rings. The first kappa shape index (κ1) is 25.2. The summed E-state index contributed by atoms with van der Waals surface area (Å²) in [6.45, 7) is 6.46. The Morgan fingerprint density at radius 2 is 1.74 bits per heavy atom. The molecule has 3 aromatic rings. The lowest BCUT2D eigenvalue weighted by molar-refractivity contribution is -0.127. The van der Waals surface area contributed by atoms with Crippen LogP contribution in [0.2, 0.25) is 0 Å². The SMILES string of the molecule is C[C@@H](NC/C=C/C#CC(C)(C)C(=O)NC(CCO)c1ccccc1)c1cccc2ccccc12. The molecular weight excluding hydrogens is 420 g/mol. The predicted molar refractivity (Wildman–Crippen MR) is 140 cm³/mol. The fourth-order valence-corrected chi connectivity index (χ4v) is 3.85. The summed E-state index contributed by atoms with van der Waals surface area (Å²) in [6.07, 6.45) is 4.22. The van der Waals surface area contributed by atoms with Crippen molar-refractivity contribution in [3.05, 3.63) is 96.1 Å². The Morgan fingerprint density at radius 3 is 2.50 bits per heavy atom. The van der Waals surface area contributed by atoms with Crippen molar-refractivity contribution in [3.8, 4) is 11.8 Å². The molecule has 0 fully saturated rings. The summed E-state index contributed by atoms with van der Waals surface area (Å²) in [5.41, 5.74) is 1.39. The topological polar surface area (TPSA) is 61.4 Å². The van der Waals surface area contributed by atoms with Gasteiger partial charge in [0.2, 0.25) is 5.91 Å². The predicted octanol–water partition coefficient (Wildman–Crippen LogP) is 5.32. The van der Waals surface area contributed by atoms with E-state index in [4.69, 9.17) is 0 Å². The second-order valence-electron chi connectivity index (χ2n) is 8.94. The Morgan fingerprint density at radius 1 is 1.03 bits per heavy atom. The van der Waals surface area contributed by atoms with E-state index in [1.54, 1.807) is 6.08 Å². The van der Waals surface area contributed by atoms with Crippen molar-refractivity contribution >= 4 is 16.7 Å². The number of hydrogen-bond donors (Lipinski definition) is 3. The maximum absolute atomic E-state index is 12.9. The van der Waals surface area contributed by atoms with E-state index in [0.717, 1.165) is 5.56 Å². The third-order valence-electron chi connectivity index (χ3n) is 5.91. The summed E-state index contributed by atoms with van der Waals surface area (Å²) in [4.78, 5) is 12.9. The molecule has 3 rings (SSSR count). The van der Waals surface area contributed by atoms with Gasteiger partial charge >= 0.3 is 0 Å². The number of carbonyl (C=O) groups is 1. The molecule has 4 heteroatoms. The van der Waals surface area contributed by atoms with Gasteiger partial charge < -0.3 is 15.7 Å². The number of aliphatic hydroxyl groups is 1. The van der Waals surface area contributed by atoms with E-state index in [0.29, 0.717) is 13.0 Å². The van der Waals surface area contributed by atoms with Gasteiger partial charge in [-0.1, -0.05) is 90.7 Å². The number of hydrogen-bond acceptors (Lipinski definition) is 3. The molecule has 1 amide bonds. The van der Waals surface area contributed by atoms with E-state index in [1.807, 2.05) is 50.3 Å². The molecule has 1 unspecified atom stereocenters. The van der Waals surface area contributed by atoms with Gasteiger partial charge in [0.05, 0.1) is 6.04 Å². The van der Waals surface area contributed by atoms with E-state index in [9.17, 15) is 9.90 Å². The molecule has 4 nitrogen and oxygen atoms in total. The molecule has 176 valence electrons. The summed E-state index contributed by atoms with van der Waals surface area (Å²) in [6, 6.07) is 24.4. The molecular formula is C30H34N2O2. The average Bonchev–Trinajstić information content (AvgIpc) is 2.85. The maximum atomic E-state index is 12.9. The first-order valence-electron chi connectivity index (χ1n) is 11.8. The summed E-state index contributed by atoms with van der Waals surface area (Å²) in [5.74, 6) is 5.92. The Kier molecular flexibility index (Phi) is 9.04. The van der Waals surface area contributed by atoms with Crippen LogP contribution < -0.4 is 10.6 Å². The minimum Gasteiger partial charge on any atom is -0.396 e. The maximum Gasteiger partial charge on any atom is 0.238 e. The fraction of sp³-hybridized carbons (Fsp3) is 0.300. The Labute approximate surface area is 203 Å². The number of amides is 1. The number of nitrogens with one attached hydrogen (secondary N) is 2. The van der Waals surface area contributed by atoms with Crippen molar-refractivity contribution in [2.75, 3.05) is 13.2 Å². The summed E-state index contributed by atoms with van der Waals surface area (Å²) in [5, 5.41) is 18.5. The molecule has 0 heterocycles. The van der Waals surface area contributed by atoms with Crippen LogP contribution in [0, 0.1) is 17.3 Å². The molecule has 0 spiro atoms. The molecule has 3 aromatic carbocycles. The van der Waals surface area contributed by atoms with Gasteiger partial charge in [0.1, 0.15) is 5.41 Å². The van der Waals surface area contributed by atoms with Crippen LogP contribution >= 0.6 is 0 Å². The van der Waals surface area contributed by atoms with E-state index in [-0.39, 0.29) is 24.6 Å². The highest BCUT2D eigenvalue weighted by Crippen LogP contribution is 2.24. The van der Waals surface area contributed by atoms with E-state index in [2.05, 4.69) is 71.9 Å². The standard InChI is InChI=1S/C30H34N2O2/c1-23(26-18-12-16-24-13-8-9-17-27(24)26)31-21-11-5-10-20-30(2,3)29(34)32-28(19-22-33)25-14-6-4-7-15-25/h4-9,11-18,23,28,31,33H,19,21-22H2,1-3H3,(H,32,34)/b11-5+/t23-,28?/m1/s1. The van der Waals surface area contributed by atoms with Crippen molar-refractivity contribution in [2.45, 2.75) is 39.3 Å². The number of aliphatic hydroxyl groups excluding tert-OH is 1. The number of allylic oxidation sites excluding steroid dienone is 1. The lowest BCUT2D eigenvalue weighted by Crippen LogP contribution is -2.38. The largest absolute Gasteiger partial charge is 0.396 e. The highest BCUT2D eigenvalue weighted by molar-refractivity contribution is 5.86. The first-order chi connectivity index (χ1) is 16.4. The van der Waals surface area contributed by atoms with Crippen LogP contribution in [-0.4, -0.2) is 24.2 Å². The van der Waals surface area contributed by atoms with Gasteiger partial charge in [-0.05, 0) is 55.2 Å². The molecule has 34 heavy (non-hydrogen) atoms. The number of carbonyl (C=O) groups excluding carboxylic acids is 1. The van der Waals surface area contributed by atoms with Crippen LogP contribution in [0.3, 0.4) is 0 Å².